The molecular weight excluding hydrogens is 200 g/mol. The molecule has 1 aliphatic rings. The largest absolute Gasteiger partial charge is 0.432 e. The zero-order chi connectivity index (χ0) is 11.3. The second kappa shape index (κ2) is 5.47. The first-order valence-corrected chi connectivity index (χ1v) is 4.59. The monoisotopic (exact) mass is 214 g/mol. The zero-order valence-electron chi connectivity index (χ0n) is 8.43. The van der Waals surface area contributed by atoms with E-state index in [0.717, 1.165) is 0 Å². The maximum absolute atomic E-state index is 10.8. The smallest absolute Gasteiger partial charge is 0.305 e. The third-order valence-electron chi connectivity index (χ3n) is 1.76. The number of amides is 1. The number of hydrogen-bond donors (Lipinski definition) is 2. The maximum atomic E-state index is 10.8. The third-order valence-corrected chi connectivity index (χ3v) is 1.76. The van der Waals surface area contributed by atoms with Gasteiger partial charge in [-0.2, -0.15) is 0 Å². The van der Waals surface area contributed by atoms with E-state index in [9.17, 15) is 9.59 Å². The fourth-order valence-electron chi connectivity index (χ4n) is 1.11. The molecule has 1 amide bonds. The molecular formula is C9H14N2O4. The Balaban J connectivity index is 2.23. The van der Waals surface area contributed by atoms with Crippen LogP contribution in [0.25, 0.3) is 0 Å². The summed E-state index contributed by atoms with van der Waals surface area (Å²) in [5.41, 5.74) is 5.11. The van der Waals surface area contributed by atoms with E-state index in [1.54, 1.807) is 12.2 Å². The van der Waals surface area contributed by atoms with Crippen molar-refractivity contribution in [1.29, 1.82) is 0 Å². The van der Waals surface area contributed by atoms with Crippen LogP contribution in [-0.2, 0) is 19.1 Å². The van der Waals surface area contributed by atoms with E-state index < -0.39 is 12.3 Å². The molecule has 0 spiro atoms. The molecule has 6 heteroatoms. The number of nitrogens with one attached hydrogen (secondary N) is 1. The van der Waals surface area contributed by atoms with E-state index in [2.05, 4.69) is 5.32 Å². The van der Waals surface area contributed by atoms with Crippen molar-refractivity contribution < 1.29 is 19.1 Å². The number of ether oxygens (including phenoxy) is 2. The van der Waals surface area contributed by atoms with E-state index in [1.165, 1.54) is 6.92 Å². The molecule has 0 bridgehead atoms. The van der Waals surface area contributed by atoms with Crippen molar-refractivity contribution in [2.45, 2.75) is 19.3 Å². The van der Waals surface area contributed by atoms with Crippen LogP contribution in [0.2, 0.25) is 0 Å². The molecule has 1 aliphatic heterocycles. The lowest BCUT2D eigenvalue weighted by molar-refractivity contribution is -0.167. The fourth-order valence-corrected chi connectivity index (χ4v) is 1.11. The van der Waals surface area contributed by atoms with E-state index >= 15 is 0 Å². The zero-order valence-corrected chi connectivity index (χ0v) is 8.43. The van der Waals surface area contributed by atoms with Gasteiger partial charge in [-0.3, -0.25) is 9.59 Å². The van der Waals surface area contributed by atoms with Crippen molar-refractivity contribution in [2.24, 2.45) is 5.73 Å². The van der Waals surface area contributed by atoms with Gasteiger partial charge in [0.05, 0.1) is 12.6 Å². The molecule has 84 valence electrons. The van der Waals surface area contributed by atoms with Crippen LogP contribution in [0, 0.1) is 0 Å². The first-order chi connectivity index (χ1) is 7.11. The molecule has 0 saturated heterocycles. The summed E-state index contributed by atoms with van der Waals surface area (Å²) in [6, 6.07) is 0. The molecule has 1 heterocycles. The van der Waals surface area contributed by atoms with Gasteiger partial charge in [0.15, 0.2) is 0 Å². The third kappa shape index (κ3) is 4.09. The topological polar surface area (TPSA) is 90.7 Å². The van der Waals surface area contributed by atoms with Gasteiger partial charge in [-0.05, 0) is 6.08 Å². The Morgan fingerprint density at radius 1 is 1.53 bits per heavy atom. The summed E-state index contributed by atoms with van der Waals surface area (Å²) in [6.07, 6.45) is 2.43. The van der Waals surface area contributed by atoms with Crippen LogP contribution >= 0.6 is 0 Å². The molecule has 0 radical (unpaired) electrons. The Labute approximate surface area is 87.4 Å². The van der Waals surface area contributed by atoms with Gasteiger partial charge in [0.2, 0.25) is 12.2 Å². The minimum atomic E-state index is -0.651. The second-order valence-corrected chi connectivity index (χ2v) is 3.05. The predicted octanol–water partition coefficient (Wildman–Crippen LogP) is -1.09. The van der Waals surface area contributed by atoms with Crippen LogP contribution in [0.5, 0.6) is 0 Å². The van der Waals surface area contributed by atoms with Gasteiger partial charge in [0.1, 0.15) is 0 Å². The highest BCUT2D eigenvalue weighted by molar-refractivity contribution is 5.77. The average molecular weight is 214 g/mol. The number of hydrogen-bond acceptors (Lipinski definition) is 5. The van der Waals surface area contributed by atoms with Crippen LogP contribution in [0.1, 0.15) is 6.92 Å². The lowest BCUT2D eigenvalue weighted by Gasteiger charge is -2.14. The Hall–Kier alpha value is -1.40. The summed E-state index contributed by atoms with van der Waals surface area (Å²) in [4.78, 5) is 21.4. The number of carbonyl (C=O) groups excluding carboxylic acids is 2. The van der Waals surface area contributed by atoms with Crippen molar-refractivity contribution in [3.05, 3.63) is 12.2 Å². The second-order valence-electron chi connectivity index (χ2n) is 3.05. The molecule has 0 unspecified atom stereocenters. The van der Waals surface area contributed by atoms with E-state index in [1.807, 2.05) is 0 Å². The van der Waals surface area contributed by atoms with Gasteiger partial charge in [0, 0.05) is 13.5 Å². The molecule has 0 aromatic carbocycles. The molecule has 0 aliphatic carbocycles. The Bertz CT molecular complexity index is 277. The minimum absolute atomic E-state index is 0.0518. The molecule has 1 rings (SSSR count). The number of esters is 1. The molecule has 3 N–H and O–H groups in total. The fraction of sp³-hybridized carbons (Fsp3) is 0.556. The normalized spacial score (nSPS) is 23.9. The molecule has 15 heavy (non-hydrogen) atoms. The Morgan fingerprint density at radius 2 is 2.27 bits per heavy atom. The van der Waals surface area contributed by atoms with E-state index in [0.29, 0.717) is 6.54 Å². The summed E-state index contributed by atoms with van der Waals surface area (Å²) < 4.78 is 10.0. The number of nitrogens with two attached hydrogens (primary N) is 1. The first-order valence-electron chi connectivity index (χ1n) is 4.59. The highest BCUT2D eigenvalue weighted by Gasteiger charge is 2.21. The Kier molecular flexibility index (Phi) is 4.26. The van der Waals surface area contributed by atoms with Gasteiger partial charge < -0.3 is 20.5 Å². The van der Waals surface area contributed by atoms with Crippen LogP contribution < -0.4 is 11.1 Å². The van der Waals surface area contributed by atoms with Crippen LogP contribution in [-0.4, -0.2) is 37.4 Å². The molecule has 6 nitrogen and oxygen atoms in total. The highest BCUT2D eigenvalue weighted by Crippen LogP contribution is 2.11. The standard InChI is InChI=1S/C9H14N2O4/c1-6(12)14-9-3-2-7(15-9)5-11-8(13)4-10/h2-3,7,9H,4-5,10H2,1H3,(H,11,13)/t7-,9+/m0/s1. The van der Waals surface area contributed by atoms with Crippen molar-refractivity contribution in [1.82, 2.24) is 5.32 Å². The molecule has 0 aromatic rings. The van der Waals surface area contributed by atoms with Crippen molar-refractivity contribution in [2.75, 3.05) is 13.1 Å². The summed E-state index contributed by atoms with van der Waals surface area (Å²) in [6.45, 7) is 1.58. The van der Waals surface area contributed by atoms with Gasteiger partial charge in [-0.1, -0.05) is 6.08 Å². The first kappa shape index (κ1) is 11.7. The summed E-state index contributed by atoms with van der Waals surface area (Å²) in [5, 5.41) is 2.57. The summed E-state index contributed by atoms with van der Waals surface area (Å²) in [5.74, 6) is -0.653. The van der Waals surface area contributed by atoms with Gasteiger partial charge >= 0.3 is 5.97 Å². The molecule has 2 atom stereocenters. The van der Waals surface area contributed by atoms with Gasteiger partial charge in [-0.15, -0.1) is 0 Å². The van der Waals surface area contributed by atoms with E-state index in [4.69, 9.17) is 15.2 Å². The van der Waals surface area contributed by atoms with Crippen LogP contribution in [0.3, 0.4) is 0 Å². The predicted molar refractivity (Wildman–Crippen MR) is 51.6 cm³/mol. The van der Waals surface area contributed by atoms with E-state index in [-0.39, 0.29) is 18.6 Å². The highest BCUT2D eigenvalue weighted by atomic mass is 16.7. The van der Waals surface area contributed by atoms with Crippen molar-refractivity contribution >= 4 is 11.9 Å². The number of carbonyl (C=O) groups is 2. The lowest BCUT2D eigenvalue weighted by Crippen LogP contribution is -2.36. The van der Waals surface area contributed by atoms with Crippen LogP contribution in [0.15, 0.2) is 12.2 Å². The quantitative estimate of drug-likeness (QED) is 0.458. The SMILES string of the molecule is CC(=O)O[C@H]1C=C[C@@H](CNC(=O)CN)O1. The molecule has 0 fully saturated rings. The molecule has 0 aromatic heterocycles. The average Bonchev–Trinajstić information content (AvgIpc) is 2.61. The van der Waals surface area contributed by atoms with Crippen molar-refractivity contribution in [3.8, 4) is 0 Å². The summed E-state index contributed by atoms with van der Waals surface area (Å²) in [7, 11) is 0. The lowest BCUT2D eigenvalue weighted by atomic mass is 10.3. The van der Waals surface area contributed by atoms with Crippen molar-refractivity contribution in [3.63, 3.8) is 0 Å². The van der Waals surface area contributed by atoms with Gasteiger partial charge in [0.25, 0.3) is 0 Å². The van der Waals surface area contributed by atoms with Crippen LogP contribution in [0.4, 0.5) is 0 Å². The molecule has 0 saturated carbocycles. The Morgan fingerprint density at radius 3 is 2.87 bits per heavy atom. The number of rotatable bonds is 4. The summed E-state index contributed by atoms with van der Waals surface area (Å²) >= 11 is 0. The van der Waals surface area contributed by atoms with Gasteiger partial charge in [-0.25, -0.2) is 0 Å². The maximum Gasteiger partial charge on any atom is 0.305 e. The minimum Gasteiger partial charge on any atom is -0.432 e.